The Labute approximate surface area is 110 Å². The van der Waals surface area contributed by atoms with Gasteiger partial charge in [-0.2, -0.15) is 10.3 Å². The molecule has 0 aliphatic carbocycles. The third kappa shape index (κ3) is 3.53. The first-order valence-electron chi connectivity index (χ1n) is 5.71. The number of hydrazone groups is 1. The molecule has 106 valence electrons. The average Bonchev–Trinajstić information content (AvgIpc) is 2.75. The standard InChI is InChI=1S/C10H15N3O5S/c1-8-7-19(16,17)5-4-12(8)11-6-9-2-3-10(18-9)13(14)15/h2-3,6,8,13-14H,4-5,7H2,1H3/t8-/m1/s1. The van der Waals surface area contributed by atoms with Gasteiger partial charge in [0, 0.05) is 6.07 Å². The fraction of sp³-hybridized carbons (Fsp3) is 0.500. The van der Waals surface area contributed by atoms with E-state index in [0.717, 1.165) is 0 Å². The van der Waals surface area contributed by atoms with E-state index in [1.54, 1.807) is 11.9 Å². The molecular weight excluding hydrogens is 274 g/mol. The molecule has 2 rings (SSSR count). The number of nitrogens with one attached hydrogen (secondary N) is 1. The van der Waals surface area contributed by atoms with Gasteiger partial charge in [-0.1, -0.05) is 0 Å². The smallest absolute Gasteiger partial charge is 0.328 e. The summed E-state index contributed by atoms with van der Waals surface area (Å²) >= 11 is 0. The molecule has 0 radical (unpaired) electrons. The molecule has 1 aromatic rings. The van der Waals surface area contributed by atoms with E-state index in [1.165, 1.54) is 18.3 Å². The topological polar surface area (TPSA) is 111 Å². The SMILES string of the molecule is C[C@@H]1CS(=O)(=O)CCN1N=Cc1ccc([NH+]([O-])O)o1. The van der Waals surface area contributed by atoms with Crippen molar-refractivity contribution in [2.24, 2.45) is 5.10 Å². The van der Waals surface area contributed by atoms with Gasteiger partial charge in [0.1, 0.15) is 0 Å². The molecule has 19 heavy (non-hydrogen) atoms. The zero-order chi connectivity index (χ0) is 14.0. The fourth-order valence-corrected chi connectivity index (χ4v) is 3.37. The Bertz CT molecular complexity index is 565. The molecule has 8 nitrogen and oxygen atoms in total. The number of hydrogen-bond acceptors (Lipinski definition) is 7. The van der Waals surface area contributed by atoms with Crippen molar-refractivity contribution in [3.63, 3.8) is 0 Å². The first kappa shape index (κ1) is 14.0. The van der Waals surface area contributed by atoms with Crippen LogP contribution in [0.3, 0.4) is 0 Å². The van der Waals surface area contributed by atoms with Crippen molar-refractivity contribution in [1.82, 2.24) is 5.01 Å². The molecule has 1 unspecified atom stereocenters. The van der Waals surface area contributed by atoms with Crippen LogP contribution >= 0.6 is 0 Å². The quantitative estimate of drug-likeness (QED) is 0.553. The Morgan fingerprint density at radius 1 is 1.63 bits per heavy atom. The summed E-state index contributed by atoms with van der Waals surface area (Å²) in [5.41, 5.74) is 0. The Balaban J connectivity index is 2.02. The van der Waals surface area contributed by atoms with Crippen LogP contribution in [0.1, 0.15) is 12.7 Å². The Morgan fingerprint density at radius 2 is 2.37 bits per heavy atom. The number of nitrogens with zero attached hydrogens (tertiary/aromatic N) is 2. The summed E-state index contributed by atoms with van der Waals surface area (Å²) in [4.78, 5) is 0. The van der Waals surface area contributed by atoms with Crippen molar-refractivity contribution in [1.29, 1.82) is 0 Å². The second-order valence-electron chi connectivity index (χ2n) is 4.38. The third-order valence-electron chi connectivity index (χ3n) is 2.81. The van der Waals surface area contributed by atoms with Gasteiger partial charge in [0.15, 0.2) is 15.6 Å². The molecule has 1 aliphatic rings. The zero-order valence-electron chi connectivity index (χ0n) is 10.3. The summed E-state index contributed by atoms with van der Waals surface area (Å²) in [6, 6.07) is 2.63. The molecule has 9 heteroatoms. The molecule has 2 heterocycles. The van der Waals surface area contributed by atoms with E-state index in [0.29, 0.717) is 12.3 Å². The molecule has 1 fully saturated rings. The van der Waals surface area contributed by atoms with E-state index in [-0.39, 0.29) is 23.4 Å². The second-order valence-corrected chi connectivity index (χ2v) is 6.61. The van der Waals surface area contributed by atoms with Gasteiger partial charge in [-0.05, 0) is 13.0 Å². The Kier molecular flexibility index (Phi) is 3.90. The molecule has 1 saturated heterocycles. The van der Waals surface area contributed by atoms with Crippen LogP contribution in [0.15, 0.2) is 21.7 Å². The van der Waals surface area contributed by atoms with E-state index < -0.39 is 15.1 Å². The third-order valence-corrected chi connectivity index (χ3v) is 4.60. The predicted octanol–water partition coefficient (Wildman–Crippen LogP) is -0.864. The Hall–Kier alpha value is -1.42. The minimum Gasteiger partial charge on any atom is -0.592 e. The number of hydrogen-bond donors (Lipinski definition) is 2. The number of quaternary nitrogens is 1. The van der Waals surface area contributed by atoms with Gasteiger partial charge in [0.2, 0.25) is 0 Å². The molecule has 0 spiro atoms. The zero-order valence-corrected chi connectivity index (χ0v) is 11.1. The van der Waals surface area contributed by atoms with Crippen LogP contribution in [0.4, 0.5) is 5.88 Å². The van der Waals surface area contributed by atoms with Gasteiger partial charge in [-0.25, -0.2) is 13.6 Å². The molecule has 2 atom stereocenters. The predicted molar refractivity (Wildman–Crippen MR) is 66.9 cm³/mol. The van der Waals surface area contributed by atoms with Crippen LogP contribution in [-0.2, 0) is 9.84 Å². The molecule has 2 N–H and O–H groups in total. The molecule has 0 saturated carbocycles. The summed E-state index contributed by atoms with van der Waals surface area (Å²) in [5, 5.41) is 24.0. The van der Waals surface area contributed by atoms with Crippen LogP contribution in [0.5, 0.6) is 0 Å². The maximum atomic E-state index is 11.4. The van der Waals surface area contributed by atoms with Gasteiger partial charge < -0.3 is 9.62 Å². The van der Waals surface area contributed by atoms with Gasteiger partial charge >= 0.3 is 5.88 Å². The van der Waals surface area contributed by atoms with Crippen LogP contribution in [0.2, 0.25) is 0 Å². The molecule has 0 aromatic carbocycles. The largest absolute Gasteiger partial charge is 0.592 e. The number of furan rings is 1. The van der Waals surface area contributed by atoms with Crippen molar-refractivity contribution in [3.8, 4) is 0 Å². The molecule has 0 bridgehead atoms. The van der Waals surface area contributed by atoms with E-state index >= 15 is 0 Å². The van der Waals surface area contributed by atoms with E-state index in [1.807, 2.05) is 0 Å². The van der Waals surface area contributed by atoms with Crippen molar-refractivity contribution < 1.29 is 23.3 Å². The highest BCUT2D eigenvalue weighted by Gasteiger charge is 2.27. The Morgan fingerprint density at radius 3 is 2.95 bits per heavy atom. The van der Waals surface area contributed by atoms with E-state index in [4.69, 9.17) is 9.62 Å². The molecule has 0 amide bonds. The van der Waals surface area contributed by atoms with E-state index in [9.17, 15) is 13.6 Å². The lowest BCUT2D eigenvalue weighted by Crippen LogP contribution is -2.99. The highest BCUT2D eigenvalue weighted by atomic mass is 32.2. The van der Waals surface area contributed by atoms with E-state index in [2.05, 4.69) is 5.10 Å². The maximum Gasteiger partial charge on any atom is 0.328 e. The molecular formula is C10H15N3O5S. The van der Waals surface area contributed by atoms with Crippen molar-refractivity contribution in [2.45, 2.75) is 13.0 Å². The summed E-state index contributed by atoms with van der Waals surface area (Å²) < 4.78 is 27.8. The van der Waals surface area contributed by atoms with Crippen LogP contribution in [0, 0.1) is 5.21 Å². The highest BCUT2D eigenvalue weighted by Crippen LogP contribution is 2.12. The molecule has 1 aliphatic heterocycles. The second kappa shape index (κ2) is 5.29. The summed E-state index contributed by atoms with van der Waals surface area (Å²) in [6.07, 6.45) is 1.39. The van der Waals surface area contributed by atoms with Gasteiger partial charge in [0.25, 0.3) is 0 Å². The first-order chi connectivity index (χ1) is 8.87. The lowest BCUT2D eigenvalue weighted by Gasteiger charge is -2.30. The van der Waals surface area contributed by atoms with Crippen molar-refractivity contribution >= 4 is 21.9 Å². The van der Waals surface area contributed by atoms with Crippen LogP contribution < -0.4 is 5.23 Å². The lowest BCUT2D eigenvalue weighted by molar-refractivity contribution is -0.997. The van der Waals surface area contributed by atoms with Gasteiger partial charge in [-0.3, -0.25) is 5.01 Å². The minimum absolute atomic E-state index is 0.0723. The van der Waals surface area contributed by atoms with Crippen LogP contribution in [-0.4, -0.2) is 48.9 Å². The first-order valence-corrected chi connectivity index (χ1v) is 7.54. The fourth-order valence-electron chi connectivity index (χ4n) is 1.83. The summed E-state index contributed by atoms with van der Waals surface area (Å²) in [5.74, 6) is 0.310. The minimum atomic E-state index is -2.97. The number of rotatable bonds is 3. The van der Waals surface area contributed by atoms with Crippen LogP contribution in [0.25, 0.3) is 0 Å². The summed E-state index contributed by atoms with van der Waals surface area (Å²) in [7, 11) is -2.97. The monoisotopic (exact) mass is 289 g/mol. The average molecular weight is 289 g/mol. The molecule has 1 aromatic heterocycles. The highest BCUT2D eigenvalue weighted by molar-refractivity contribution is 7.91. The van der Waals surface area contributed by atoms with Crippen molar-refractivity contribution in [3.05, 3.63) is 23.1 Å². The lowest BCUT2D eigenvalue weighted by atomic mass is 10.4. The van der Waals surface area contributed by atoms with Gasteiger partial charge in [-0.15, -0.1) is 0 Å². The normalized spacial score (nSPS) is 24.8. The summed E-state index contributed by atoms with van der Waals surface area (Å²) in [6.45, 7) is 2.10. The maximum absolute atomic E-state index is 11.4. The van der Waals surface area contributed by atoms with Gasteiger partial charge in [0.05, 0.1) is 30.3 Å². The van der Waals surface area contributed by atoms with Crippen molar-refractivity contribution in [2.75, 3.05) is 18.1 Å². The number of sulfone groups is 1.